The molecule has 0 fully saturated rings. The number of aromatic nitrogens is 2. The van der Waals surface area contributed by atoms with E-state index in [0.29, 0.717) is 5.56 Å². The minimum Gasteiger partial charge on any atom is -0.345 e. The Bertz CT molecular complexity index is 829. The van der Waals surface area contributed by atoms with Gasteiger partial charge in [0.05, 0.1) is 10.4 Å². The number of rotatable bonds is 2. The number of aryl methyl sites for hydroxylation is 1. The summed E-state index contributed by atoms with van der Waals surface area (Å²) in [5.41, 5.74) is 2.78. The fraction of sp³-hybridized carbons (Fsp3) is 0.200. The number of thiophene rings is 1. The fourth-order valence-electron chi connectivity index (χ4n) is 2.56. The summed E-state index contributed by atoms with van der Waals surface area (Å²) in [7, 11) is 0. The highest BCUT2D eigenvalue weighted by Gasteiger charge is 2.21. The van der Waals surface area contributed by atoms with E-state index >= 15 is 0 Å². The first-order chi connectivity index (χ1) is 10.2. The number of carbonyl (C=O) groups excluding carboxylic acids is 1. The molecule has 3 aromatic heterocycles. The van der Waals surface area contributed by atoms with Crippen molar-refractivity contribution < 1.29 is 4.79 Å². The molecule has 6 heteroatoms. The Morgan fingerprint density at radius 2 is 2.29 bits per heavy atom. The third-order valence-electron chi connectivity index (χ3n) is 3.59. The molecule has 1 aliphatic heterocycles. The van der Waals surface area contributed by atoms with Gasteiger partial charge in [0.2, 0.25) is 5.78 Å². The molecule has 3 nitrogen and oxygen atoms in total. The average molecular weight is 379 g/mol. The van der Waals surface area contributed by atoms with Crippen molar-refractivity contribution in [1.29, 1.82) is 0 Å². The van der Waals surface area contributed by atoms with Gasteiger partial charge >= 0.3 is 0 Å². The standard InChI is InChI=1S/C15H11BrN2OS2/c16-9-4-10-11(6-18-15(10)17-5-9)14(19)13-3-8-7-20-2-1-12(8)21-13/h3-6H,1-2,7H2,(H,17,18). The number of halogens is 1. The van der Waals surface area contributed by atoms with Crippen LogP contribution >= 0.6 is 39.0 Å². The number of nitrogens with one attached hydrogen (secondary N) is 1. The Morgan fingerprint density at radius 1 is 1.38 bits per heavy atom. The summed E-state index contributed by atoms with van der Waals surface area (Å²) in [6, 6.07) is 4.01. The first-order valence-corrected chi connectivity index (χ1v) is 9.35. The van der Waals surface area contributed by atoms with Crippen molar-refractivity contribution in [2.75, 3.05) is 5.75 Å². The van der Waals surface area contributed by atoms with Crippen LogP contribution in [0, 0.1) is 0 Å². The molecule has 0 aromatic carbocycles. The van der Waals surface area contributed by atoms with Crippen molar-refractivity contribution in [3.8, 4) is 0 Å². The van der Waals surface area contributed by atoms with Crippen LogP contribution in [0.1, 0.15) is 25.7 Å². The highest BCUT2D eigenvalue weighted by molar-refractivity contribution is 9.10. The van der Waals surface area contributed by atoms with Gasteiger partial charge < -0.3 is 4.98 Å². The predicted octanol–water partition coefficient (Wildman–Crippen LogP) is 4.41. The van der Waals surface area contributed by atoms with Gasteiger partial charge in [-0.3, -0.25) is 4.79 Å². The zero-order valence-corrected chi connectivity index (χ0v) is 14.2. The minimum atomic E-state index is 0.0885. The molecular formula is C15H11BrN2OS2. The molecule has 4 rings (SSSR count). The Labute approximate surface area is 138 Å². The number of nitrogens with zero attached hydrogens (tertiary/aromatic N) is 1. The third kappa shape index (κ3) is 2.35. The van der Waals surface area contributed by atoms with Crippen molar-refractivity contribution in [2.24, 2.45) is 0 Å². The van der Waals surface area contributed by atoms with Crippen molar-refractivity contribution in [2.45, 2.75) is 12.2 Å². The number of pyridine rings is 1. The van der Waals surface area contributed by atoms with E-state index in [9.17, 15) is 4.79 Å². The molecule has 1 N–H and O–H groups in total. The largest absolute Gasteiger partial charge is 0.345 e. The van der Waals surface area contributed by atoms with Crippen LogP contribution in [-0.2, 0) is 12.2 Å². The predicted molar refractivity (Wildman–Crippen MR) is 91.4 cm³/mol. The van der Waals surface area contributed by atoms with Gasteiger partial charge in [-0.1, -0.05) is 0 Å². The first kappa shape index (κ1) is 13.5. The summed E-state index contributed by atoms with van der Waals surface area (Å²) in [5, 5.41) is 0.870. The molecule has 0 radical (unpaired) electrons. The van der Waals surface area contributed by atoms with Crippen LogP contribution in [-0.4, -0.2) is 21.5 Å². The zero-order chi connectivity index (χ0) is 14.4. The molecule has 0 saturated carbocycles. The normalized spacial score (nSPS) is 14.3. The summed E-state index contributed by atoms with van der Waals surface area (Å²) in [4.78, 5) is 22.4. The lowest BCUT2D eigenvalue weighted by atomic mass is 10.1. The van der Waals surface area contributed by atoms with Crippen molar-refractivity contribution in [3.63, 3.8) is 0 Å². The number of aromatic amines is 1. The van der Waals surface area contributed by atoms with E-state index in [1.165, 1.54) is 10.4 Å². The van der Waals surface area contributed by atoms with E-state index in [1.54, 1.807) is 23.7 Å². The van der Waals surface area contributed by atoms with Crippen LogP contribution in [0.25, 0.3) is 11.0 Å². The molecule has 0 unspecified atom stereocenters. The highest BCUT2D eigenvalue weighted by atomic mass is 79.9. The van der Waals surface area contributed by atoms with Crippen LogP contribution in [0.4, 0.5) is 0 Å². The smallest absolute Gasteiger partial charge is 0.205 e. The number of hydrogen-bond donors (Lipinski definition) is 1. The second-order valence-electron chi connectivity index (χ2n) is 4.94. The topological polar surface area (TPSA) is 45.8 Å². The van der Waals surface area contributed by atoms with E-state index in [0.717, 1.165) is 38.3 Å². The number of fused-ring (bicyclic) bond motifs is 2. The highest BCUT2D eigenvalue weighted by Crippen LogP contribution is 2.33. The van der Waals surface area contributed by atoms with Gasteiger partial charge in [0.25, 0.3) is 0 Å². The number of H-pyrrole nitrogens is 1. The maximum atomic E-state index is 12.8. The number of thioether (sulfide) groups is 1. The van der Waals surface area contributed by atoms with Crippen LogP contribution < -0.4 is 0 Å². The van der Waals surface area contributed by atoms with Gasteiger partial charge in [-0.05, 0) is 45.8 Å². The van der Waals surface area contributed by atoms with Crippen LogP contribution in [0.3, 0.4) is 0 Å². The van der Waals surface area contributed by atoms with Gasteiger partial charge in [-0.25, -0.2) is 4.98 Å². The molecule has 4 heterocycles. The van der Waals surface area contributed by atoms with Crippen LogP contribution in [0.5, 0.6) is 0 Å². The SMILES string of the molecule is O=C(c1cc2c(s1)CCSC2)c1c[nH]c2ncc(Br)cc12. The number of ketones is 1. The lowest BCUT2D eigenvalue weighted by Crippen LogP contribution is -1.97. The summed E-state index contributed by atoms with van der Waals surface area (Å²) in [5.74, 6) is 2.27. The Hall–Kier alpha value is -1.11. The lowest BCUT2D eigenvalue weighted by molar-refractivity contribution is 0.104. The van der Waals surface area contributed by atoms with E-state index in [4.69, 9.17) is 0 Å². The zero-order valence-electron chi connectivity index (χ0n) is 11.0. The number of carbonyl (C=O) groups is 1. The Kier molecular flexibility index (Phi) is 3.40. The molecule has 0 amide bonds. The summed E-state index contributed by atoms with van der Waals surface area (Å²) in [6.07, 6.45) is 4.58. The summed E-state index contributed by atoms with van der Waals surface area (Å²) in [6.45, 7) is 0. The number of hydrogen-bond acceptors (Lipinski definition) is 4. The van der Waals surface area contributed by atoms with Crippen molar-refractivity contribution in [1.82, 2.24) is 9.97 Å². The van der Waals surface area contributed by atoms with Gasteiger partial charge in [0.15, 0.2) is 0 Å². The quantitative estimate of drug-likeness (QED) is 0.671. The van der Waals surface area contributed by atoms with Crippen LogP contribution in [0.15, 0.2) is 29.0 Å². The average Bonchev–Trinajstić information content (AvgIpc) is 3.09. The van der Waals surface area contributed by atoms with Gasteiger partial charge in [0.1, 0.15) is 5.65 Å². The minimum absolute atomic E-state index is 0.0885. The molecule has 0 saturated heterocycles. The molecule has 106 valence electrons. The molecule has 3 aromatic rings. The van der Waals surface area contributed by atoms with Gasteiger partial charge in [-0.2, -0.15) is 11.8 Å². The van der Waals surface area contributed by atoms with Crippen molar-refractivity contribution >= 4 is 55.8 Å². The van der Waals surface area contributed by atoms with E-state index < -0.39 is 0 Å². The lowest BCUT2D eigenvalue weighted by Gasteiger charge is -2.08. The molecule has 21 heavy (non-hydrogen) atoms. The molecule has 0 atom stereocenters. The second kappa shape index (κ2) is 5.26. The third-order valence-corrected chi connectivity index (χ3v) is 6.27. The molecule has 1 aliphatic rings. The Balaban J connectivity index is 1.79. The maximum Gasteiger partial charge on any atom is 0.205 e. The molecule has 0 aliphatic carbocycles. The van der Waals surface area contributed by atoms with E-state index in [1.807, 2.05) is 17.8 Å². The van der Waals surface area contributed by atoms with E-state index in [-0.39, 0.29) is 5.78 Å². The molecule has 0 spiro atoms. The fourth-order valence-corrected chi connectivity index (χ4v) is 5.22. The first-order valence-electron chi connectivity index (χ1n) is 6.59. The summed E-state index contributed by atoms with van der Waals surface area (Å²) < 4.78 is 0.880. The maximum absolute atomic E-state index is 12.8. The summed E-state index contributed by atoms with van der Waals surface area (Å²) >= 11 is 7.00. The molecule has 0 bridgehead atoms. The monoisotopic (exact) mass is 378 g/mol. The van der Waals surface area contributed by atoms with Gasteiger partial charge in [-0.15, -0.1) is 11.3 Å². The Morgan fingerprint density at radius 3 is 3.14 bits per heavy atom. The van der Waals surface area contributed by atoms with Crippen LogP contribution in [0.2, 0.25) is 0 Å². The second-order valence-corrected chi connectivity index (χ2v) is 8.10. The van der Waals surface area contributed by atoms with Gasteiger partial charge in [0, 0.05) is 32.9 Å². The van der Waals surface area contributed by atoms with E-state index in [2.05, 4.69) is 32.0 Å². The van der Waals surface area contributed by atoms with Crippen molar-refractivity contribution in [3.05, 3.63) is 49.9 Å². The molecular weight excluding hydrogens is 368 g/mol.